The zero-order valence-corrected chi connectivity index (χ0v) is 14.3. The molecule has 0 bridgehead atoms. The first-order valence-corrected chi connectivity index (χ1v) is 7.33. The molecular weight excluding hydrogens is 272 g/mol. The second kappa shape index (κ2) is 6.92. The van der Waals surface area contributed by atoms with Gasteiger partial charge in [-0.15, -0.1) is 12.4 Å². The van der Waals surface area contributed by atoms with Crippen LogP contribution in [0, 0.1) is 0 Å². The molecule has 1 N–H and O–H groups in total. The van der Waals surface area contributed by atoms with Crippen molar-refractivity contribution in [3.8, 4) is 0 Å². The number of likely N-dealkylation sites (N-methyl/N-ethyl adjacent to an activating group) is 1. The molecule has 0 amide bonds. The lowest BCUT2D eigenvalue weighted by Gasteiger charge is -2.25. The molecule has 1 aliphatic rings. The van der Waals surface area contributed by atoms with E-state index in [-0.39, 0.29) is 17.8 Å². The van der Waals surface area contributed by atoms with Crippen LogP contribution in [-0.2, 0) is 19.0 Å². The van der Waals surface area contributed by atoms with Crippen LogP contribution in [0.2, 0.25) is 0 Å². The fourth-order valence-corrected chi connectivity index (χ4v) is 3.07. The summed E-state index contributed by atoms with van der Waals surface area (Å²) in [6.45, 7) is 10.1. The van der Waals surface area contributed by atoms with Gasteiger partial charge in [-0.25, -0.2) is 0 Å². The van der Waals surface area contributed by atoms with Crippen molar-refractivity contribution >= 4 is 12.4 Å². The van der Waals surface area contributed by atoms with E-state index in [0.29, 0.717) is 6.04 Å². The van der Waals surface area contributed by atoms with E-state index in [1.807, 2.05) is 18.8 Å². The highest BCUT2D eigenvalue weighted by Crippen LogP contribution is 2.27. The summed E-state index contributed by atoms with van der Waals surface area (Å²) in [5.74, 6) is 0. The molecule has 0 aliphatic carbocycles. The summed E-state index contributed by atoms with van der Waals surface area (Å²) >= 11 is 0. The van der Waals surface area contributed by atoms with Crippen molar-refractivity contribution in [3.05, 3.63) is 17.5 Å². The monoisotopic (exact) mass is 300 g/mol. The zero-order chi connectivity index (χ0) is 14.0. The Bertz CT molecular complexity index is 422. The van der Waals surface area contributed by atoms with Gasteiger partial charge in [0.1, 0.15) is 0 Å². The molecule has 1 unspecified atom stereocenters. The smallest absolute Gasteiger partial charge is 0.0722 e. The van der Waals surface area contributed by atoms with Crippen LogP contribution in [0.4, 0.5) is 0 Å². The first-order valence-electron chi connectivity index (χ1n) is 7.33. The quantitative estimate of drug-likeness (QED) is 0.926. The summed E-state index contributed by atoms with van der Waals surface area (Å²) in [6.07, 6.45) is 4.82. The molecule has 0 aromatic carbocycles. The van der Waals surface area contributed by atoms with E-state index in [1.54, 1.807) is 0 Å². The normalized spacial score (nSPS) is 20.1. The standard InChI is InChI=1S/C15H28N4.ClH/c1-15(2,3)14-12(10-18(5)17-14)11-19-8-6-7-13(19)9-16-4;/h10,13,16H,6-9,11H2,1-5H3;1H. The van der Waals surface area contributed by atoms with Crippen LogP contribution in [0.5, 0.6) is 0 Å². The van der Waals surface area contributed by atoms with E-state index in [0.717, 1.165) is 13.1 Å². The largest absolute Gasteiger partial charge is 0.318 e. The number of halogens is 1. The first kappa shape index (κ1) is 17.5. The molecule has 1 saturated heterocycles. The van der Waals surface area contributed by atoms with Gasteiger partial charge in [-0.05, 0) is 26.4 Å². The Balaban J connectivity index is 0.00000200. The minimum absolute atomic E-state index is 0. The Kier molecular flexibility index (Phi) is 6.05. The maximum Gasteiger partial charge on any atom is 0.0722 e. The van der Waals surface area contributed by atoms with Crippen molar-refractivity contribution in [2.24, 2.45) is 7.05 Å². The average molecular weight is 301 g/mol. The average Bonchev–Trinajstić information content (AvgIpc) is 2.87. The second-order valence-corrected chi connectivity index (χ2v) is 6.75. The summed E-state index contributed by atoms with van der Waals surface area (Å²) in [5, 5.41) is 7.98. The van der Waals surface area contributed by atoms with Crippen molar-refractivity contribution < 1.29 is 0 Å². The fourth-order valence-electron chi connectivity index (χ4n) is 3.07. The summed E-state index contributed by atoms with van der Waals surface area (Å²) in [6, 6.07) is 0.679. The van der Waals surface area contributed by atoms with Gasteiger partial charge >= 0.3 is 0 Å². The number of aromatic nitrogens is 2. The predicted octanol–water partition coefficient (Wildman–Crippen LogP) is 2.32. The Morgan fingerprint density at radius 2 is 2.10 bits per heavy atom. The number of nitrogens with one attached hydrogen (secondary N) is 1. The summed E-state index contributed by atoms with van der Waals surface area (Å²) in [4.78, 5) is 2.60. The van der Waals surface area contributed by atoms with Gasteiger partial charge in [-0.3, -0.25) is 9.58 Å². The maximum absolute atomic E-state index is 4.67. The minimum atomic E-state index is 0. The molecule has 5 heteroatoms. The SMILES string of the molecule is CNCC1CCCN1Cc1cn(C)nc1C(C)(C)C.Cl. The van der Waals surface area contributed by atoms with Gasteiger partial charge in [0.25, 0.3) is 0 Å². The predicted molar refractivity (Wildman–Crippen MR) is 86.5 cm³/mol. The molecule has 1 fully saturated rings. The van der Waals surface area contributed by atoms with Crippen molar-refractivity contribution in [3.63, 3.8) is 0 Å². The van der Waals surface area contributed by atoms with Crippen LogP contribution < -0.4 is 5.32 Å². The molecule has 4 nitrogen and oxygen atoms in total. The van der Waals surface area contributed by atoms with Crippen LogP contribution in [-0.4, -0.2) is 40.9 Å². The van der Waals surface area contributed by atoms with Crippen LogP contribution in [0.25, 0.3) is 0 Å². The highest BCUT2D eigenvalue weighted by molar-refractivity contribution is 5.85. The van der Waals surface area contributed by atoms with Gasteiger partial charge in [-0.1, -0.05) is 20.8 Å². The highest BCUT2D eigenvalue weighted by Gasteiger charge is 2.27. The summed E-state index contributed by atoms with van der Waals surface area (Å²) in [7, 11) is 4.06. The maximum atomic E-state index is 4.67. The number of rotatable bonds is 4. The lowest BCUT2D eigenvalue weighted by atomic mass is 9.89. The van der Waals surface area contributed by atoms with Crippen molar-refractivity contribution in [2.45, 2.75) is 51.6 Å². The number of aryl methyl sites for hydroxylation is 1. The van der Waals surface area contributed by atoms with E-state index in [1.165, 1.54) is 30.6 Å². The molecule has 1 aromatic heterocycles. The van der Waals surface area contributed by atoms with Crippen LogP contribution >= 0.6 is 12.4 Å². The van der Waals surface area contributed by atoms with Crippen molar-refractivity contribution in [1.82, 2.24) is 20.0 Å². The summed E-state index contributed by atoms with van der Waals surface area (Å²) < 4.78 is 1.96. The molecule has 2 heterocycles. The Morgan fingerprint density at radius 1 is 1.40 bits per heavy atom. The summed E-state index contributed by atoms with van der Waals surface area (Å²) in [5.41, 5.74) is 2.75. The number of hydrogen-bond donors (Lipinski definition) is 1. The molecular formula is C15H29ClN4. The van der Waals surface area contributed by atoms with E-state index in [9.17, 15) is 0 Å². The van der Waals surface area contributed by atoms with Crippen LogP contribution in [0.3, 0.4) is 0 Å². The topological polar surface area (TPSA) is 33.1 Å². The van der Waals surface area contributed by atoms with E-state index in [2.05, 4.69) is 42.3 Å². The van der Waals surface area contributed by atoms with E-state index < -0.39 is 0 Å². The van der Waals surface area contributed by atoms with Crippen LogP contribution in [0.1, 0.15) is 44.9 Å². The number of nitrogens with zero attached hydrogens (tertiary/aromatic N) is 3. The van der Waals surface area contributed by atoms with E-state index >= 15 is 0 Å². The van der Waals surface area contributed by atoms with Crippen molar-refractivity contribution in [2.75, 3.05) is 20.1 Å². The van der Waals surface area contributed by atoms with Gasteiger partial charge in [0.05, 0.1) is 5.69 Å². The van der Waals surface area contributed by atoms with Gasteiger partial charge in [0.15, 0.2) is 0 Å². The molecule has 2 rings (SSSR count). The molecule has 116 valence electrons. The van der Waals surface area contributed by atoms with E-state index in [4.69, 9.17) is 0 Å². The molecule has 1 aromatic rings. The number of likely N-dealkylation sites (tertiary alicyclic amines) is 1. The molecule has 20 heavy (non-hydrogen) atoms. The second-order valence-electron chi connectivity index (χ2n) is 6.75. The van der Waals surface area contributed by atoms with Gasteiger partial charge in [0.2, 0.25) is 0 Å². The lowest BCUT2D eigenvalue weighted by Crippen LogP contribution is -2.36. The van der Waals surface area contributed by atoms with Gasteiger partial charge in [0, 0.05) is 43.4 Å². The Hall–Kier alpha value is -0.580. The lowest BCUT2D eigenvalue weighted by molar-refractivity contribution is 0.240. The first-order chi connectivity index (χ1) is 8.91. The van der Waals surface area contributed by atoms with Gasteiger partial charge < -0.3 is 5.32 Å². The third-order valence-corrected chi connectivity index (χ3v) is 3.93. The minimum Gasteiger partial charge on any atom is -0.318 e. The van der Waals surface area contributed by atoms with Crippen LogP contribution in [0.15, 0.2) is 6.20 Å². The molecule has 1 atom stereocenters. The fraction of sp³-hybridized carbons (Fsp3) is 0.800. The zero-order valence-electron chi connectivity index (χ0n) is 13.4. The van der Waals surface area contributed by atoms with Crippen molar-refractivity contribution in [1.29, 1.82) is 0 Å². The third-order valence-electron chi connectivity index (χ3n) is 3.93. The number of hydrogen-bond acceptors (Lipinski definition) is 3. The Morgan fingerprint density at radius 3 is 2.70 bits per heavy atom. The third kappa shape index (κ3) is 3.96. The van der Waals surface area contributed by atoms with Gasteiger partial charge in [-0.2, -0.15) is 5.10 Å². The highest BCUT2D eigenvalue weighted by atomic mass is 35.5. The molecule has 1 aliphatic heterocycles. The molecule has 0 spiro atoms. The molecule has 0 saturated carbocycles. The Labute approximate surface area is 129 Å². The molecule has 0 radical (unpaired) electrons.